The molecule has 0 bridgehead atoms. The normalized spacial score (nSPS) is 31.2. The van der Waals surface area contributed by atoms with Crippen molar-refractivity contribution in [1.29, 1.82) is 0 Å². The van der Waals surface area contributed by atoms with Crippen LogP contribution in [-0.2, 0) is 0 Å². The van der Waals surface area contributed by atoms with Crippen LogP contribution in [0.15, 0.2) is 0 Å². The van der Waals surface area contributed by atoms with Crippen molar-refractivity contribution in [2.24, 2.45) is 0 Å². The predicted molar refractivity (Wildman–Crippen MR) is 41.5 cm³/mol. The zero-order chi connectivity index (χ0) is 6.86. The van der Waals surface area contributed by atoms with Gasteiger partial charge in [-0.15, -0.1) is 0 Å². The maximum Gasteiger partial charge on any atom is 0.0477 e. The molecule has 1 atom stereocenters. The highest BCUT2D eigenvalue weighted by molar-refractivity contribution is 5.10. The van der Waals surface area contributed by atoms with E-state index in [1.165, 1.54) is 32.2 Å². The Hall–Kier alpha value is -0.0800. The van der Waals surface area contributed by atoms with Gasteiger partial charge < -0.3 is 10.6 Å². The van der Waals surface area contributed by atoms with Crippen molar-refractivity contribution in [2.45, 2.75) is 31.2 Å². The van der Waals surface area contributed by atoms with E-state index in [1.54, 1.807) is 0 Å². The molecule has 0 saturated carbocycles. The molecule has 2 rings (SSSR count). The minimum absolute atomic E-state index is 0.399. The molecule has 0 aromatic carbocycles. The first-order valence-corrected chi connectivity index (χ1v) is 4.24. The number of nitrogens with one attached hydrogen (secondary N) is 2. The zero-order valence-corrected chi connectivity index (χ0v) is 6.32. The van der Waals surface area contributed by atoms with Crippen LogP contribution >= 0.6 is 0 Å². The molecular formula is C8H15N2. The average molecular weight is 139 g/mol. The van der Waals surface area contributed by atoms with Gasteiger partial charge in [-0.1, -0.05) is 12.8 Å². The lowest BCUT2D eigenvalue weighted by atomic mass is 9.88. The first-order valence-electron chi connectivity index (χ1n) is 4.24. The molecule has 0 amide bonds. The Morgan fingerprint density at radius 1 is 1.20 bits per heavy atom. The van der Waals surface area contributed by atoms with Gasteiger partial charge in [0.15, 0.2) is 0 Å². The maximum atomic E-state index is 3.58. The smallest absolute Gasteiger partial charge is 0.0477 e. The second-order valence-corrected chi connectivity index (χ2v) is 3.42. The van der Waals surface area contributed by atoms with Crippen molar-refractivity contribution in [3.05, 3.63) is 6.54 Å². The molecule has 2 fully saturated rings. The number of hydrogen-bond donors (Lipinski definition) is 2. The highest BCUT2D eigenvalue weighted by Gasteiger charge is 2.36. The number of rotatable bonds is 0. The highest BCUT2D eigenvalue weighted by atomic mass is 15.1. The molecule has 1 radical (unpaired) electrons. The Morgan fingerprint density at radius 3 is 2.80 bits per heavy atom. The van der Waals surface area contributed by atoms with Crippen LogP contribution in [0, 0.1) is 6.54 Å². The molecule has 1 spiro atoms. The van der Waals surface area contributed by atoms with E-state index in [2.05, 4.69) is 17.2 Å². The molecule has 0 aliphatic carbocycles. The highest BCUT2D eigenvalue weighted by Crippen LogP contribution is 2.25. The fourth-order valence-corrected chi connectivity index (χ4v) is 1.79. The summed E-state index contributed by atoms with van der Waals surface area (Å²) in [6.45, 7) is 4.57. The standard InChI is InChI=1S/C8H15N2/c1-2-4-8(6-9-7-8)10-5-3-1/h6,9-10H,1-5,7H2. The first-order chi connectivity index (χ1) is 4.91. The van der Waals surface area contributed by atoms with Gasteiger partial charge in [-0.2, -0.15) is 0 Å². The number of hydrogen-bond acceptors (Lipinski definition) is 2. The first kappa shape index (κ1) is 6.62. The van der Waals surface area contributed by atoms with Crippen LogP contribution < -0.4 is 10.6 Å². The average Bonchev–Trinajstić information content (AvgIpc) is 2.08. The summed E-state index contributed by atoms with van der Waals surface area (Å²) in [7, 11) is 0. The van der Waals surface area contributed by atoms with E-state index in [0.29, 0.717) is 5.54 Å². The summed E-state index contributed by atoms with van der Waals surface area (Å²) in [5, 5.41) is 6.79. The summed E-state index contributed by atoms with van der Waals surface area (Å²) < 4.78 is 0. The van der Waals surface area contributed by atoms with Gasteiger partial charge in [0.25, 0.3) is 0 Å². The van der Waals surface area contributed by atoms with Gasteiger partial charge in [0.2, 0.25) is 0 Å². The van der Waals surface area contributed by atoms with Crippen molar-refractivity contribution < 1.29 is 0 Å². The van der Waals surface area contributed by atoms with Crippen LogP contribution in [0.25, 0.3) is 0 Å². The second-order valence-electron chi connectivity index (χ2n) is 3.42. The molecule has 2 nitrogen and oxygen atoms in total. The van der Waals surface area contributed by atoms with Crippen LogP contribution in [0.4, 0.5) is 0 Å². The molecule has 2 aliphatic rings. The largest absolute Gasteiger partial charge is 0.309 e. The van der Waals surface area contributed by atoms with Gasteiger partial charge >= 0.3 is 0 Å². The topological polar surface area (TPSA) is 24.1 Å². The zero-order valence-electron chi connectivity index (χ0n) is 6.32. The SMILES string of the molecule is [CH]1NCC12CCCCCN2. The summed E-state index contributed by atoms with van der Waals surface area (Å²) in [4.78, 5) is 0. The lowest BCUT2D eigenvalue weighted by Crippen LogP contribution is -2.63. The van der Waals surface area contributed by atoms with Crippen LogP contribution in [0.1, 0.15) is 25.7 Å². The lowest BCUT2D eigenvalue weighted by molar-refractivity contribution is 0.264. The molecule has 2 heterocycles. The molecule has 57 valence electrons. The van der Waals surface area contributed by atoms with Gasteiger partial charge in [-0.25, -0.2) is 0 Å². The van der Waals surface area contributed by atoms with Crippen LogP contribution in [0.3, 0.4) is 0 Å². The van der Waals surface area contributed by atoms with E-state index in [9.17, 15) is 0 Å². The lowest BCUT2D eigenvalue weighted by Gasteiger charge is -2.42. The van der Waals surface area contributed by atoms with Crippen molar-refractivity contribution in [2.75, 3.05) is 13.1 Å². The monoisotopic (exact) mass is 139 g/mol. The fourth-order valence-electron chi connectivity index (χ4n) is 1.79. The van der Waals surface area contributed by atoms with Gasteiger partial charge in [-0.3, -0.25) is 0 Å². The quantitative estimate of drug-likeness (QED) is 0.515. The molecule has 0 aromatic rings. The molecule has 10 heavy (non-hydrogen) atoms. The third kappa shape index (κ3) is 1.06. The molecule has 2 aliphatic heterocycles. The Labute approximate surface area is 62.4 Å². The minimum Gasteiger partial charge on any atom is -0.309 e. The van der Waals surface area contributed by atoms with Crippen LogP contribution in [0.2, 0.25) is 0 Å². The summed E-state index contributed by atoms with van der Waals surface area (Å²) in [5.41, 5.74) is 0.399. The molecule has 2 heteroatoms. The fraction of sp³-hybridized carbons (Fsp3) is 0.875. The van der Waals surface area contributed by atoms with Crippen LogP contribution in [0.5, 0.6) is 0 Å². The van der Waals surface area contributed by atoms with E-state index >= 15 is 0 Å². The molecule has 1 unspecified atom stereocenters. The molecule has 2 N–H and O–H groups in total. The Balaban J connectivity index is 1.92. The van der Waals surface area contributed by atoms with Crippen molar-refractivity contribution >= 4 is 0 Å². The van der Waals surface area contributed by atoms with Crippen molar-refractivity contribution in [1.82, 2.24) is 10.6 Å². The van der Waals surface area contributed by atoms with E-state index < -0.39 is 0 Å². The second kappa shape index (κ2) is 2.51. The Bertz CT molecular complexity index is 108. The van der Waals surface area contributed by atoms with Crippen molar-refractivity contribution in [3.8, 4) is 0 Å². The van der Waals surface area contributed by atoms with E-state index in [-0.39, 0.29) is 0 Å². The molecule has 2 saturated heterocycles. The van der Waals surface area contributed by atoms with E-state index in [1.807, 2.05) is 0 Å². The summed E-state index contributed by atoms with van der Waals surface area (Å²) >= 11 is 0. The van der Waals surface area contributed by atoms with Gasteiger partial charge in [-0.05, 0) is 19.4 Å². The van der Waals surface area contributed by atoms with Gasteiger partial charge in [0.05, 0.1) is 0 Å². The Kier molecular flexibility index (Phi) is 1.66. The third-order valence-electron chi connectivity index (χ3n) is 2.57. The van der Waals surface area contributed by atoms with E-state index in [0.717, 1.165) is 6.54 Å². The summed E-state index contributed by atoms with van der Waals surface area (Å²) in [5.74, 6) is 0. The minimum atomic E-state index is 0.399. The molecular weight excluding hydrogens is 124 g/mol. The van der Waals surface area contributed by atoms with E-state index in [4.69, 9.17) is 0 Å². The molecule has 0 aromatic heterocycles. The predicted octanol–water partition coefficient (Wildman–Crippen LogP) is 0.654. The Morgan fingerprint density at radius 2 is 2.10 bits per heavy atom. The summed E-state index contributed by atoms with van der Waals surface area (Å²) in [6, 6.07) is 0. The summed E-state index contributed by atoms with van der Waals surface area (Å²) in [6.07, 6.45) is 5.49. The van der Waals surface area contributed by atoms with Crippen molar-refractivity contribution in [3.63, 3.8) is 0 Å². The third-order valence-corrected chi connectivity index (χ3v) is 2.57. The van der Waals surface area contributed by atoms with Crippen LogP contribution in [-0.4, -0.2) is 18.6 Å². The van der Waals surface area contributed by atoms with Gasteiger partial charge in [0.1, 0.15) is 0 Å². The maximum absolute atomic E-state index is 3.58. The van der Waals surface area contributed by atoms with Gasteiger partial charge in [0, 0.05) is 18.6 Å².